The zero-order chi connectivity index (χ0) is 20.1. The number of aryl methyl sites for hydroxylation is 1. The van der Waals surface area contributed by atoms with E-state index < -0.39 is 0 Å². The lowest BCUT2D eigenvalue weighted by molar-refractivity contribution is -0.118. The predicted octanol–water partition coefficient (Wildman–Crippen LogP) is 4.76. The van der Waals surface area contributed by atoms with Crippen LogP contribution in [0.2, 0.25) is 0 Å². The Labute approximate surface area is 165 Å². The minimum absolute atomic E-state index is 0.0900. The average Bonchev–Trinajstić information content (AvgIpc) is 3.02. The van der Waals surface area contributed by atoms with Crippen molar-refractivity contribution in [1.29, 1.82) is 0 Å². The van der Waals surface area contributed by atoms with E-state index >= 15 is 0 Å². The van der Waals surface area contributed by atoms with E-state index in [1.807, 2.05) is 64.1 Å². The summed E-state index contributed by atoms with van der Waals surface area (Å²) in [5.41, 5.74) is 0.618. The summed E-state index contributed by atoms with van der Waals surface area (Å²) >= 11 is 0. The molecule has 6 nitrogen and oxygen atoms in total. The molecule has 0 radical (unpaired) electrons. The molecule has 0 aliphatic rings. The van der Waals surface area contributed by atoms with Crippen LogP contribution in [0.1, 0.15) is 26.5 Å². The monoisotopic (exact) mass is 379 g/mol. The highest BCUT2D eigenvalue weighted by Gasteiger charge is 2.20. The summed E-state index contributed by atoms with van der Waals surface area (Å²) in [6.07, 6.45) is 0. The quantitative estimate of drug-likeness (QED) is 0.671. The van der Waals surface area contributed by atoms with E-state index in [0.717, 1.165) is 11.4 Å². The Morgan fingerprint density at radius 2 is 1.61 bits per heavy atom. The van der Waals surface area contributed by atoms with Crippen LogP contribution >= 0.6 is 0 Å². The molecule has 1 amide bonds. The first kappa shape index (κ1) is 19.5. The topological polar surface area (TPSA) is 65.4 Å². The van der Waals surface area contributed by atoms with E-state index in [4.69, 9.17) is 9.47 Å². The van der Waals surface area contributed by atoms with E-state index in [9.17, 15) is 4.79 Å². The van der Waals surface area contributed by atoms with Crippen molar-refractivity contribution in [2.45, 2.75) is 33.2 Å². The van der Waals surface area contributed by atoms with Crippen molar-refractivity contribution in [3.63, 3.8) is 0 Å². The highest BCUT2D eigenvalue weighted by molar-refractivity contribution is 5.91. The molecular formula is C22H25N3O3. The fourth-order valence-corrected chi connectivity index (χ4v) is 2.66. The molecular weight excluding hydrogens is 354 g/mol. The highest BCUT2D eigenvalue weighted by Crippen LogP contribution is 2.24. The highest BCUT2D eigenvalue weighted by atomic mass is 16.5. The van der Waals surface area contributed by atoms with Gasteiger partial charge in [0.1, 0.15) is 23.1 Å². The number of nitrogens with zero attached hydrogens (tertiary/aromatic N) is 2. The Morgan fingerprint density at radius 3 is 2.25 bits per heavy atom. The number of carbonyl (C=O) groups excluding carboxylic acids is 1. The van der Waals surface area contributed by atoms with Gasteiger partial charge in [-0.05, 0) is 64.1 Å². The van der Waals surface area contributed by atoms with Gasteiger partial charge >= 0.3 is 0 Å². The third-order valence-electron chi connectivity index (χ3n) is 3.91. The molecule has 0 spiro atoms. The van der Waals surface area contributed by atoms with Crippen LogP contribution in [-0.2, 0) is 10.3 Å². The fourth-order valence-electron chi connectivity index (χ4n) is 2.66. The molecule has 0 saturated carbocycles. The second-order valence-corrected chi connectivity index (χ2v) is 7.48. The van der Waals surface area contributed by atoms with Crippen molar-refractivity contribution in [3.05, 3.63) is 66.4 Å². The minimum atomic E-state index is -0.241. The van der Waals surface area contributed by atoms with Gasteiger partial charge in [-0.15, -0.1) is 0 Å². The first-order valence-corrected chi connectivity index (χ1v) is 9.14. The number of amides is 1. The average molecular weight is 379 g/mol. The SMILES string of the molecule is Cc1cc(NC(=O)COc2ccc(Oc3ccccc3)cc2)n(C(C)(C)C)n1. The second-order valence-electron chi connectivity index (χ2n) is 7.48. The summed E-state index contributed by atoms with van der Waals surface area (Å²) in [5.74, 6) is 2.48. The zero-order valence-corrected chi connectivity index (χ0v) is 16.6. The number of benzene rings is 2. The molecule has 3 aromatic rings. The molecule has 0 fully saturated rings. The maximum Gasteiger partial charge on any atom is 0.263 e. The van der Waals surface area contributed by atoms with Crippen LogP contribution in [0, 0.1) is 6.92 Å². The Balaban J connectivity index is 1.55. The Kier molecular flexibility index (Phi) is 5.68. The standard InChI is InChI=1S/C22H25N3O3/c1-16-14-20(25(24-16)22(2,3)4)23-21(26)15-27-17-10-12-19(13-11-17)28-18-8-6-5-7-9-18/h5-14H,15H2,1-4H3,(H,23,26). The molecule has 6 heteroatoms. The van der Waals surface area contributed by atoms with E-state index in [0.29, 0.717) is 17.3 Å². The molecule has 1 aromatic heterocycles. The van der Waals surface area contributed by atoms with E-state index in [-0.39, 0.29) is 18.1 Å². The lowest BCUT2D eigenvalue weighted by atomic mass is 10.1. The first-order chi connectivity index (χ1) is 13.3. The van der Waals surface area contributed by atoms with Gasteiger partial charge in [-0.25, -0.2) is 4.68 Å². The number of anilines is 1. The largest absolute Gasteiger partial charge is 0.484 e. The molecule has 0 saturated heterocycles. The molecule has 0 unspecified atom stereocenters. The number of ether oxygens (including phenoxy) is 2. The third-order valence-corrected chi connectivity index (χ3v) is 3.91. The molecule has 3 rings (SSSR count). The van der Waals surface area contributed by atoms with Gasteiger partial charge in [0.25, 0.3) is 5.91 Å². The Morgan fingerprint density at radius 1 is 1.00 bits per heavy atom. The van der Waals surface area contributed by atoms with Crippen LogP contribution in [0.25, 0.3) is 0 Å². The van der Waals surface area contributed by atoms with Crippen LogP contribution in [0.3, 0.4) is 0 Å². The van der Waals surface area contributed by atoms with Crippen molar-refractivity contribution in [1.82, 2.24) is 9.78 Å². The van der Waals surface area contributed by atoms with Gasteiger partial charge in [0, 0.05) is 6.07 Å². The van der Waals surface area contributed by atoms with Crippen molar-refractivity contribution in [2.24, 2.45) is 0 Å². The molecule has 0 aliphatic carbocycles. The van der Waals surface area contributed by atoms with Crippen LogP contribution in [0.15, 0.2) is 60.7 Å². The van der Waals surface area contributed by atoms with Crippen LogP contribution in [-0.4, -0.2) is 22.3 Å². The normalized spacial score (nSPS) is 11.1. The van der Waals surface area contributed by atoms with Crippen molar-refractivity contribution < 1.29 is 14.3 Å². The predicted molar refractivity (Wildman–Crippen MR) is 109 cm³/mol. The van der Waals surface area contributed by atoms with Crippen LogP contribution in [0.5, 0.6) is 17.2 Å². The number of carbonyl (C=O) groups is 1. The van der Waals surface area contributed by atoms with E-state index in [2.05, 4.69) is 10.4 Å². The molecule has 1 heterocycles. The van der Waals surface area contributed by atoms with Crippen LogP contribution < -0.4 is 14.8 Å². The van der Waals surface area contributed by atoms with Gasteiger partial charge in [0.15, 0.2) is 6.61 Å². The van der Waals surface area contributed by atoms with Gasteiger partial charge in [0.2, 0.25) is 0 Å². The van der Waals surface area contributed by atoms with Crippen molar-refractivity contribution in [2.75, 3.05) is 11.9 Å². The molecule has 2 aromatic carbocycles. The summed E-state index contributed by atoms with van der Waals surface area (Å²) in [4.78, 5) is 12.3. The molecule has 1 N–H and O–H groups in total. The zero-order valence-electron chi connectivity index (χ0n) is 16.6. The smallest absolute Gasteiger partial charge is 0.263 e. The molecule has 0 atom stereocenters. The van der Waals surface area contributed by atoms with E-state index in [1.54, 1.807) is 28.9 Å². The number of para-hydroxylation sites is 1. The Hall–Kier alpha value is -3.28. The molecule has 28 heavy (non-hydrogen) atoms. The maximum atomic E-state index is 12.3. The summed E-state index contributed by atoms with van der Waals surface area (Å²) in [6.45, 7) is 7.90. The van der Waals surface area contributed by atoms with Gasteiger partial charge in [0.05, 0.1) is 11.2 Å². The number of aromatic nitrogens is 2. The summed E-state index contributed by atoms with van der Waals surface area (Å²) in [7, 11) is 0. The van der Waals surface area contributed by atoms with Crippen molar-refractivity contribution >= 4 is 11.7 Å². The number of hydrogen-bond donors (Lipinski definition) is 1. The lowest BCUT2D eigenvalue weighted by Crippen LogP contribution is -2.28. The minimum Gasteiger partial charge on any atom is -0.484 e. The van der Waals surface area contributed by atoms with Gasteiger partial charge in [-0.3, -0.25) is 4.79 Å². The Bertz CT molecular complexity index is 926. The van der Waals surface area contributed by atoms with Gasteiger partial charge in [-0.1, -0.05) is 18.2 Å². The van der Waals surface area contributed by atoms with Crippen LogP contribution in [0.4, 0.5) is 5.82 Å². The summed E-state index contributed by atoms with van der Waals surface area (Å²) in [6, 6.07) is 18.5. The number of nitrogens with one attached hydrogen (secondary N) is 1. The summed E-state index contributed by atoms with van der Waals surface area (Å²) < 4.78 is 13.1. The number of hydrogen-bond acceptors (Lipinski definition) is 4. The summed E-state index contributed by atoms with van der Waals surface area (Å²) in [5, 5.41) is 7.31. The number of rotatable bonds is 6. The third kappa shape index (κ3) is 5.13. The molecule has 0 aliphatic heterocycles. The second kappa shape index (κ2) is 8.17. The molecule has 146 valence electrons. The van der Waals surface area contributed by atoms with E-state index in [1.165, 1.54) is 0 Å². The molecule has 0 bridgehead atoms. The van der Waals surface area contributed by atoms with Gasteiger partial charge < -0.3 is 14.8 Å². The fraction of sp³-hybridized carbons (Fsp3) is 0.273. The first-order valence-electron chi connectivity index (χ1n) is 9.14. The van der Waals surface area contributed by atoms with Gasteiger partial charge in [-0.2, -0.15) is 5.10 Å². The van der Waals surface area contributed by atoms with Crippen molar-refractivity contribution in [3.8, 4) is 17.2 Å². The lowest BCUT2D eigenvalue weighted by Gasteiger charge is -2.22. The maximum absolute atomic E-state index is 12.3.